The lowest BCUT2D eigenvalue weighted by molar-refractivity contribution is -0.107. The maximum Gasteiger partial charge on any atom is 0.142 e. The van der Waals surface area contributed by atoms with E-state index >= 15 is 0 Å². The number of nitrogens with zero attached hydrogens (tertiary/aromatic N) is 1. The zero-order valence-corrected chi connectivity index (χ0v) is 7.45. The molecule has 1 atom stereocenters. The van der Waals surface area contributed by atoms with Crippen LogP contribution in [0.25, 0.3) is 0 Å². The van der Waals surface area contributed by atoms with E-state index < -0.39 is 5.38 Å². The molecule has 2 N–H and O–H groups in total. The van der Waals surface area contributed by atoms with Crippen LogP contribution >= 0.6 is 11.6 Å². The van der Waals surface area contributed by atoms with Crippen molar-refractivity contribution < 1.29 is 4.79 Å². The average molecular weight is 195 g/mol. The zero-order valence-electron chi connectivity index (χ0n) is 6.70. The van der Waals surface area contributed by atoms with Gasteiger partial charge in [0.2, 0.25) is 0 Å². The molecule has 0 amide bonds. The Hall–Kier alpha value is -1.53. The number of benzene rings is 1. The number of nitrogen functional groups attached to an aromatic ring is 1. The molecule has 0 saturated heterocycles. The van der Waals surface area contributed by atoms with Crippen LogP contribution in [0, 0.1) is 11.3 Å². The molecular formula is C9H7ClN2O. The Morgan fingerprint density at radius 1 is 1.62 bits per heavy atom. The fourth-order valence-corrected chi connectivity index (χ4v) is 1.06. The summed E-state index contributed by atoms with van der Waals surface area (Å²) in [6.45, 7) is 0. The van der Waals surface area contributed by atoms with Gasteiger partial charge in [-0.2, -0.15) is 5.26 Å². The van der Waals surface area contributed by atoms with Gasteiger partial charge in [-0.25, -0.2) is 0 Å². The highest BCUT2D eigenvalue weighted by molar-refractivity contribution is 6.27. The van der Waals surface area contributed by atoms with Gasteiger partial charge in [-0.05, 0) is 17.7 Å². The summed E-state index contributed by atoms with van der Waals surface area (Å²) in [5.74, 6) is 0. The van der Waals surface area contributed by atoms with Crippen LogP contribution in [0.3, 0.4) is 0 Å². The van der Waals surface area contributed by atoms with Crippen LogP contribution in [-0.2, 0) is 4.79 Å². The molecule has 1 aromatic carbocycles. The third-order valence-electron chi connectivity index (χ3n) is 1.64. The Labute approximate surface area is 80.7 Å². The van der Waals surface area contributed by atoms with Gasteiger partial charge in [-0.15, -0.1) is 11.6 Å². The minimum atomic E-state index is -0.715. The quantitative estimate of drug-likeness (QED) is 0.442. The summed E-state index contributed by atoms with van der Waals surface area (Å²) < 4.78 is 0. The Morgan fingerprint density at radius 2 is 2.31 bits per heavy atom. The number of nitriles is 1. The van der Waals surface area contributed by atoms with E-state index in [4.69, 9.17) is 22.6 Å². The van der Waals surface area contributed by atoms with Crippen molar-refractivity contribution in [1.29, 1.82) is 5.26 Å². The Bertz CT molecular complexity index is 370. The molecule has 0 fully saturated rings. The van der Waals surface area contributed by atoms with Gasteiger partial charge < -0.3 is 10.5 Å². The summed E-state index contributed by atoms with van der Waals surface area (Å²) in [6.07, 6.45) is 0.605. The topological polar surface area (TPSA) is 66.9 Å². The van der Waals surface area contributed by atoms with Crippen LogP contribution in [0.2, 0.25) is 0 Å². The minimum absolute atomic E-state index is 0.338. The van der Waals surface area contributed by atoms with Crippen LogP contribution in [-0.4, -0.2) is 6.29 Å². The summed E-state index contributed by atoms with van der Waals surface area (Å²) in [6, 6.07) is 6.62. The largest absolute Gasteiger partial charge is 0.398 e. The van der Waals surface area contributed by atoms with E-state index in [1.807, 2.05) is 6.07 Å². The van der Waals surface area contributed by atoms with Crippen LogP contribution in [0.5, 0.6) is 0 Å². The molecule has 0 aliphatic heterocycles. The van der Waals surface area contributed by atoms with Crippen molar-refractivity contribution in [2.75, 3.05) is 5.73 Å². The number of nitrogens with two attached hydrogens (primary N) is 1. The van der Waals surface area contributed by atoms with Gasteiger partial charge in [0.15, 0.2) is 0 Å². The first kappa shape index (κ1) is 9.56. The monoisotopic (exact) mass is 194 g/mol. The highest BCUT2D eigenvalue weighted by atomic mass is 35.5. The molecule has 3 nitrogen and oxygen atoms in total. The first-order valence-electron chi connectivity index (χ1n) is 3.58. The smallest absolute Gasteiger partial charge is 0.142 e. The number of halogens is 1. The predicted molar refractivity (Wildman–Crippen MR) is 50.2 cm³/mol. The molecule has 66 valence electrons. The molecule has 13 heavy (non-hydrogen) atoms. The molecule has 0 aromatic heterocycles. The van der Waals surface area contributed by atoms with E-state index in [9.17, 15) is 4.79 Å². The van der Waals surface area contributed by atoms with Crippen molar-refractivity contribution in [3.63, 3.8) is 0 Å². The van der Waals surface area contributed by atoms with Crippen LogP contribution in [0.15, 0.2) is 18.2 Å². The van der Waals surface area contributed by atoms with E-state index in [0.717, 1.165) is 0 Å². The van der Waals surface area contributed by atoms with Gasteiger partial charge in [0.05, 0.1) is 5.56 Å². The number of anilines is 1. The Morgan fingerprint density at radius 3 is 2.85 bits per heavy atom. The zero-order chi connectivity index (χ0) is 9.84. The molecular weight excluding hydrogens is 188 g/mol. The molecule has 1 unspecified atom stereocenters. The molecule has 0 heterocycles. The number of aldehydes is 1. The van der Waals surface area contributed by atoms with Crippen molar-refractivity contribution in [3.8, 4) is 6.07 Å². The van der Waals surface area contributed by atoms with Crippen molar-refractivity contribution in [3.05, 3.63) is 29.3 Å². The lowest BCUT2D eigenvalue weighted by Crippen LogP contribution is -1.95. The molecule has 1 aromatic rings. The third kappa shape index (κ3) is 1.98. The number of carbonyl (C=O) groups is 1. The van der Waals surface area contributed by atoms with Gasteiger partial charge in [0.25, 0.3) is 0 Å². The van der Waals surface area contributed by atoms with Gasteiger partial charge in [0, 0.05) is 5.69 Å². The molecule has 0 saturated carbocycles. The predicted octanol–water partition coefficient (Wildman–Crippen LogP) is 1.62. The SMILES string of the molecule is N#Cc1cc(C(Cl)C=O)ccc1N. The third-order valence-corrected chi connectivity index (χ3v) is 1.99. The number of hydrogen-bond donors (Lipinski definition) is 1. The molecule has 0 bridgehead atoms. The first-order chi connectivity index (χ1) is 6.19. The van der Waals surface area contributed by atoms with Crippen molar-refractivity contribution in [2.24, 2.45) is 0 Å². The highest BCUT2D eigenvalue weighted by Crippen LogP contribution is 2.21. The molecule has 0 aliphatic rings. The molecule has 4 heteroatoms. The number of hydrogen-bond acceptors (Lipinski definition) is 3. The first-order valence-corrected chi connectivity index (χ1v) is 4.01. The summed E-state index contributed by atoms with van der Waals surface area (Å²) >= 11 is 5.65. The van der Waals surface area contributed by atoms with Crippen molar-refractivity contribution in [1.82, 2.24) is 0 Å². The van der Waals surface area contributed by atoms with Crippen LogP contribution in [0.4, 0.5) is 5.69 Å². The lowest BCUT2D eigenvalue weighted by Gasteiger charge is -2.03. The van der Waals surface area contributed by atoms with Gasteiger partial charge in [0.1, 0.15) is 17.7 Å². The van der Waals surface area contributed by atoms with Gasteiger partial charge in [-0.1, -0.05) is 6.07 Å². The maximum absolute atomic E-state index is 10.3. The van der Waals surface area contributed by atoms with Crippen LogP contribution < -0.4 is 5.73 Å². The van der Waals surface area contributed by atoms with Gasteiger partial charge in [-0.3, -0.25) is 0 Å². The maximum atomic E-state index is 10.3. The van der Waals surface area contributed by atoms with Crippen molar-refractivity contribution >= 4 is 23.6 Å². The summed E-state index contributed by atoms with van der Waals surface area (Å²) in [7, 11) is 0. The highest BCUT2D eigenvalue weighted by Gasteiger charge is 2.07. The van der Waals surface area contributed by atoms with Crippen LogP contribution in [0.1, 0.15) is 16.5 Å². The fraction of sp³-hybridized carbons (Fsp3) is 0.111. The molecule has 0 radical (unpaired) electrons. The number of alkyl halides is 1. The van der Waals surface area contributed by atoms with E-state index in [2.05, 4.69) is 0 Å². The molecule has 1 rings (SSSR count). The summed E-state index contributed by atoms with van der Waals surface area (Å²) in [4.78, 5) is 10.3. The van der Waals surface area contributed by atoms with Gasteiger partial charge >= 0.3 is 0 Å². The lowest BCUT2D eigenvalue weighted by atomic mass is 10.1. The Kier molecular flexibility index (Phi) is 2.88. The standard InChI is InChI=1S/C9H7ClN2O/c10-8(5-13)6-1-2-9(12)7(3-6)4-11/h1-3,5,8H,12H2. The average Bonchev–Trinajstić information content (AvgIpc) is 2.17. The second-order valence-electron chi connectivity index (χ2n) is 2.50. The normalized spacial score (nSPS) is 11.7. The number of rotatable bonds is 2. The van der Waals surface area contributed by atoms with E-state index in [1.54, 1.807) is 12.1 Å². The molecule has 0 aliphatic carbocycles. The number of carbonyl (C=O) groups excluding carboxylic acids is 1. The second-order valence-corrected chi connectivity index (χ2v) is 2.97. The second kappa shape index (κ2) is 3.92. The summed E-state index contributed by atoms with van der Waals surface area (Å²) in [5.41, 5.74) is 6.80. The van der Waals surface area contributed by atoms with Crippen molar-refractivity contribution in [2.45, 2.75) is 5.38 Å². The van der Waals surface area contributed by atoms with E-state index in [1.165, 1.54) is 6.07 Å². The molecule has 0 spiro atoms. The Balaban J connectivity index is 3.15. The minimum Gasteiger partial charge on any atom is -0.398 e. The van der Waals surface area contributed by atoms with E-state index in [-0.39, 0.29) is 0 Å². The summed E-state index contributed by atoms with van der Waals surface area (Å²) in [5, 5.41) is 7.92. The van der Waals surface area contributed by atoms with E-state index in [0.29, 0.717) is 23.1 Å². The fourth-order valence-electron chi connectivity index (χ4n) is 0.921.